The van der Waals surface area contributed by atoms with Crippen LogP contribution in [0.4, 0.5) is 10.1 Å². The van der Waals surface area contributed by atoms with E-state index in [1.54, 1.807) is 24.0 Å². The number of fused-ring (bicyclic) bond motifs is 1. The van der Waals surface area contributed by atoms with Gasteiger partial charge in [-0.15, -0.1) is 0 Å². The zero-order valence-corrected chi connectivity index (χ0v) is 11.9. The number of aryl methyl sites for hydroxylation is 1. The number of nitrogens with one attached hydrogen (secondary N) is 1. The number of hydrogen-bond acceptors (Lipinski definition) is 4. The van der Waals surface area contributed by atoms with E-state index in [9.17, 15) is 12.8 Å². The van der Waals surface area contributed by atoms with Crippen LogP contribution >= 0.6 is 11.8 Å². The highest BCUT2D eigenvalue weighted by molar-refractivity contribution is 8.15. The fraction of sp³-hybridized carbons (Fsp3) is 0.417. The molecular formula is C12H13FN2O2S2. The third kappa shape index (κ3) is 2.14. The van der Waals surface area contributed by atoms with Gasteiger partial charge in [0.25, 0.3) is 0 Å². The number of thioether (sulfide) groups is 1. The maximum Gasteiger partial charge on any atom is 0.161 e. The molecule has 0 saturated carbocycles. The van der Waals surface area contributed by atoms with Crippen molar-refractivity contribution >= 4 is 32.5 Å². The summed E-state index contributed by atoms with van der Waals surface area (Å²) in [6.45, 7) is 1.67. The topological polar surface area (TPSA) is 61.2 Å². The highest BCUT2D eigenvalue weighted by atomic mass is 32.2. The summed E-state index contributed by atoms with van der Waals surface area (Å²) in [5, 5.41) is 8.16. The Balaban J connectivity index is 1.99. The average Bonchev–Trinajstić information content (AvgIpc) is 2.73. The van der Waals surface area contributed by atoms with Crippen LogP contribution in [-0.4, -0.2) is 36.4 Å². The molecule has 7 heteroatoms. The summed E-state index contributed by atoms with van der Waals surface area (Å²) in [6, 6.07) is 4.52. The molecule has 0 bridgehead atoms. The molecule has 0 amide bonds. The molecule has 0 radical (unpaired) electrons. The molecule has 19 heavy (non-hydrogen) atoms. The summed E-state index contributed by atoms with van der Waals surface area (Å²) < 4.78 is 37.0. The maximum absolute atomic E-state index is 13.6. The molecule has 1 N–H and O–H groups in total. The zero-order chi connectivity index (χ0) is 13.8. The highest BCUT2D eigenvalue weighted by Crippen LogP contribution is 2.40. The minimum Gasteiger partial charge on any atom is -0.316 e. The zero-order valence-electron chi connectivity index (χ0n) is 10.3. The first kappa shape index (κ1) is 12.9. The smallest absolute Gasteiger partial charge is 0.161 e. The molecule has 0 aromatic heterocycles. The Hall–Kier alpha value is -1.08. The minimum absolute atomic E-state index is 0.0442. The number of rotatable bonds is 1. The van der Waals surface area contributed by atoms with Crippen molar-refractivity contribution < 1.29 is 12.8 Å². The summed E-state index contributed by atoms with van der Waals surface area (Å²) in [7, 11) is -3.04. The Morgan fingerprint density at radius 2 is 2.16 bits per heavy atom. The standard InChI is InChI=1S/C12H13FN2O2S2/c1-7-2-3-8(4-9(7)13)15-10-5-19(16,17)6-11(10)18-12(15)14/h2-4,10-11,14H,5-6H2,1H3/t10-,11+/m1/s1. The van der Waals surface area contributed by atoms with Gasteiger partial charge in [-0.2, -0.15) is 0 Å². The SMILES string of the molecule is Cc1ccc(N2C(=N)S[C@H]3CS(=O)(=O)C[C@H]32)cc1F. The largest absolute Gasteiger partial charge is 0.316 e. The van der Waals surface area contributed by atoms with Crippen molar-refractivity contribution in [3.05, 3.63) is 29.6 Å². The van der Waals surface area contributed by atoms with Gasteiger partial charge in [0.1, 0.15) is 5.82 Å². The lowest BCUT2D eigenvalue weighted by Gasteiger charge is -2.24. The van der Waals surface area contributed by atoms with E-state index in [-0.39, 0.29) is 28.6 Å². The first-order valence-corrected chi connectivity index (χ1v) is 8.58. The van der Waals surface area contributed by atoms with Crippen molar-refractivity contribution in [1.29, 1.82) is 5.41 Å². The molecule has 2 atom stereocenters. The van der Waals surface area contributed by atoms with E-state index < -0.39 is 9.84 Å². The van der Waals surface area contributed by atoms with E-state index >= 15 is 0 Å². The Morgan fingerprint density at radius 1 is 1.42 bits per heavy atom. The molecule has 1 aromatic rings. The van der Waals surface area contributed by atoms with Gasteiger partial charge in [0.15, 0.2) is 15.0 Å². The lowest BCUT2D eigenvalue weighted by molar-refractivity contribution is 0.601. The summed E-state index contributed by atoms with van der Waals surface area (Å²) in [5.74, 6) is -0.183. The van der Waals surface area contributed by atoms with Crippen LogP contribution in [0.15, 0.2) is 18.2 Å². The quantitative estimate of drug-likeness (QED) is 0.859. The van der Waals surface area contributed by atoms with Gasteiger partial charge in [-0.1, -0.05) is 17.8 Å². The summed E-state index contributed by atoms with van der Waals surface area (Å²) in [6.07, 6.45) is 0. The molecule has 0 spiro atoms. The summed E-state index contributed by atoms with van der Waals surface area (Å²) in [4.78, 5) is 1.64. The van der Waals surface area contributed by atoms with Crippen LogP contribution in [0, 0.1) is 18.2 Å². The molecule has 0 aliphatic carbocycles. The van der Waals surface area contributed by atoms with E-state index in [1.807, 2.05) is 0 Å². The van der Waals surface area contributed by atoms with Crippen LogP contribution in [0.3, 0.4) is 0 Å². The first-order chi connectivity index (χ1) is 8.87. The molecule has 2 saturated heterocycles. The number of benzene rings is 1. The van der Waals surface area contributed by atoms with Crippen LogP contribution in [0.2, 0.25) is 0 Å². The number of anilines is 1. The van der Waals surface area contributed by atoms with Gasteiger partial charge in [-0.05, 0) is 24.6 Å². The molecule has 2 fully saturated rings. The third-order valence-electron chi connectivity index (χ3n) is 3.52. The van der Waals surface area contributed by atoms with Gasteiger partial charge in [0, 0.05) is 10.9 Å². The highest BCUT2D eigenvalue weighted by Gasteiger charge is 2.48. The van der Waals surface area contributed by atoms with Crippen molar-refractivity contribution in [3.8, 4) is 0 Å². The Kier molecular flexibility index (Phi) is 2.86. The van der Waals surface area contributed by atoms with Crippen molar-refractivity contribution in [2.75, 3.05) is 16.4 Å². The second-order valence-electron chi connectivity index (χ2n) is 4.91. The number of hydrogen-bond donors (Lipinski definition) is 1. The average molecular weight is 300 g/mol. The van der Waals surface area contributed by atoms with Gasteiger partial charge in [-0.3, -0.25) is 5.41 Å². The predicted octanol–water partition coefficient (Wildman–Crippen LogP) is 1.79. The van der Waals surface area contributed by atoms with Crippen molar-refractivity contribution in [2.45, 2.75) is 18.2 Å². The van der Waals surface area contributed by atoms with Crippen LogP contribution in [-0.2, 0) is 9.84 Å². The van der Waals surface area contributed by atoms with Crippen LogP contribution < -0.4 is 4.90 Å². The maximum atomic E-state index is 13.6. The second-order valence-corrected chi connectivity index (χ2v) is 8.29. The first-order valence-electron chi connectivity index (χ1n) is 5.88. The fourth-order valence-electron chi connectivity index (χ4n) is 2.54. The minimum atomic E-state index is -3.04. The third-order valence-corrected chi connectivity index (χ3v) is 6.65. The number of amidine groups is 1. The van der Waals surface area contributed by atoms with Crippen molar-refractivity contribution in [1.82, 2.24) is 0 Å². The van der Waals surface area contributed by atoms with Gasteiger partial charge in [-0.25, -0.2) is 12.8 Å². The van der Waals surface area contributed by atoms with Crippen LogP contribution in [0.25, 0.3) is 0 Å². The van der Waals surface area contributed by atoms with Crippen molar-refractivity contribution in [2.24, 2.45) is 0 Å². The van der Waals surface area contributed by atoms with E-state index in [0.717, 1.165) is 0 Å². The molecular weight excluding hydrogens is 287 g/mol. The summed E-state index contributed by atoms with van der Waals surface area (Å²) >= 11 is 1.26. The second kappa shape index (κ2) is 4.21. The predicted molar refractivity (Wildman–Crippen MR) is 75.2 cm³/mol. The normalized spacial score (nSPS) is 28.7. The van der Waals surface area contributed by atoms with Gasteiger partial charge in [0.2, 0.25) is 0 Å². The molecule has 4 nitrogen and oxygen atoms in total. The fourth-order valence-corrected chi connectivity index (χ4v) is 6.33. The van der Waals surface area contributed by atoms with Crippen LogP contribution in [0.1, 0.15) is 5.56 Å². The number of halogens is 1. The summed E-state index contributed by atoms with van der Waals surface area (Å²) in [5.41, 5.74) is 1.10. The number of nitrogens with zero attached hydrogens (tertiary/aromatic N) is 1. The Bertz CT molecular complexity index is 660. The molecule has 0 unspecified atom stereocenters. The lowest BCUT2D eigenvalue weighted by Crippen LogP contribution is -2.37. The Morgan fingerprint density at radius 3 is 2.84 bits per heavy atom. The monoisotopic (exact) mass is 300 g/mol. The molecule has 1 aromatic carbocycles. The van der Waals surface area contributed by atoms with Crippen LogP contribution in [0.5, 0.6) is 0 Å². The molecule has 3 rings (SSSR count). The lowest BCUT2D eigenvalue weighted by atomic mass is 10.1. The van der Waals surface area contributed by atoms with E-state index in [2.05, 4.69) is 0 Å². The molecule has 102 valence electrons. The Labute approximate surface area is 115 Å². The molecule has 2 heterocycles. The molecule has 2 aliphatic rings. The van der Waals surface area contributed by atoms with E-state index in [1.165, 1.54) is 17.8 Å². The van der Waals surface area contributed by atoms with E-state index in [0.29, 0.717) is 16.4 Å². The van der Waals surface area contributed by atoms with Gasteiger partial charge >= 0.3 is 0 Å². The van der Waals surface area contributed by atoms with Gasteiger partial charge in [0.05, 0.1) is 17.5 Å². The van der Waals surface area contributed by atoms with E-state index in [4.69, 9.17) is 5.41 Å². The number of sulfone groups is 1. The van der Waals surface area contributed by atoms with Crippen molar-refractivity contribution in [3.63, 3.8) is 0 Å². The van der Waals surface area contributed by atoms with Gasteiger partial charge < -0.3 is 4.90 Å². The molecule has 2 aliphatic heterocycles.